The number of hydrogen-bond acceptors (Lipinski definition) is 5. The number of aromatic nitrogens is 1. The molecule has 0 bridgehead atoms. The Morgan fingerprint density at radius 3 is 2.06 bits per heavy atom. The molecule has 2 heterocycles. The van der Waals surface area contributed by atoms with Gasteiger partial charge in [-0.05, 0) is 89.3 Å². The van der Waals surface area contributed by atoms with E-state index in [9.17, 15) is 9.90 Å². The van der Waals surface area contributed by atoms with Crippen molar-refractivity contribution in [3.05, 3.63) is 59.9 Å². The number of ketones is 1. The number of pyridine rings is 1. The van der Waals surface area contributed by atoms with Gasteiger partial charge < -0.3 is 14.3 Å². The van der Waals surface area contributed by atoms with Gasteiger partial charge in [0.2, 0.25) is 5.78 Å². The fourth-order valence-corrected chi connectivity index (χ4v) is 4.74. The number of hydrogen-bond donors (Lipinski definition) is 1. The van der Waals surface area contributed by atoms with Crippen LogP contribution < -0.4 is 0 Å². The van der Waals surface area contributed by atoms with Gasteiger partial charge in [-0.1, -0.05) is 5.92 Å². The first-order valence-electron chi connectivity index (χ1n) is 10.1. The summed E-state index contributed by atoms with van der Waals surface area (Å²) in [7, 11) is -1.46. The Kier molecular flexibility index (Phi) is 7.15. The summed E-state index contributed by atoms with van der Waals surface area (Å²) in [6.07, 6.45) is 8.56. The summed E-state index contributed by atoms with van der Waals surface area (Å²) in [6, 6.07) is 10.2. The van der Waals surface area contributed by atoms with Gasteiger partial charge in [-0.15, -0.1) is 6.42 Å². The molecule has 0 aliphatic carbocycles. The minimum Gasteiger partial charge on any atom is -0.508 e. The van der Waals surface area contributed by atoms with E-state index in [1.165, 1.54) is 0 Å². The summed E-state index contributed by atoms with van der Waals surface area (Å²) in [5.41, 5.74) is 0.811. The number of terminal acetylenes is 1. The Labute approximate surface area is 186 Å². The van der Waals surface area contributed by atoms with Crippen molar-refractivity contribution in [2.75, 3.05) is 0 Å². The number of Topliss-reactive ketones (excluding diaryl/α,β-unsaturated/α-hetero) is 1. The van der Waals surface area contributed by atoms with E-state index in [4.69, 9.17) is 15.6 Å². The Balaban J connectivity index is 0.000000291. The molecule has 0 radical (unpaired) electrons. The predicted molar refractivity (Wildman–Crippen MR) is 127 cm³/mol. The van der Waals surface area contributed by atoms with E-state index in [0.717, 1.165) is 11.1 Å². The molecule has 164 valence electrons. The van der Waals surface area contributed by atoms with Crippen molar-refractivity contribution in [3.8, 4) is 18.1 Å². The Morgan fingerprint density at radius 1 is 1.06 bits per heavy atom. The normalized spacial score (nSPS) is 15.6. The third kappa shape index (κ3) is 6.55. The second-order valence-corrected chi connectivity index (χ2v) is 13.7. The summed E-state index contributed by atoms with van der Waals surface area (Å²) < 4.78 is 11.6. The molecule has 1 aromatic heterocycles. The summed E-state index contributed by atoms with van der Waals surface area (Å²) in [6.45, 7) is 13.7. The van der Waals surface area contributed by atoms with Crippen LogP contribution in [0.1, 0.15) is 38.8 Å². The van der Waals surface area contributed by atoms with Gasteiger partial charge in [-0.25, -0.2) is 0 Å². The van der Waals surface area contributed by atoms with E-state index >= 15 is 0 Å². The highest BCUT2D eigenvalue weighted by atomic mass is 28.4. The molecule has 1 aliphatic heterocycles. The van der Waals surface area contributed by atoms with Crippen LogP contribution in [0.25, 0.3) is 11.3 Å². The third-order valence-corrected chi connectivity index (χ3v) is 5.49. The lowest BCUT2D eigenvalue weighted by molar-refractivity contribution is -0.125. The largest absolute Gasteiger partial charge is 0.508 e. The topological polar surface area (TPSA) is 68.7 Å². The van der Waals surface area contributed by atoms with Gasteiger partial charge >= 0.3 is 0 Å². The SMILES string of the molecule is C#CC(C)(C)O[Si](C)(C)C.CC1(C)OC(c2ccc(O)cc2)=C(c2ccncc2)C1=O. The highest BCUT2D eigenvalue weighted by Gasteiger charge is 2.42. The first-order valence-corrected chi connectivity index (χ1v) is 13.5. The lowest BCUT2D eigenvalue weighted by Crippen LogP contribution is -2.37. The number of phenols is 1. The van der Waals surface area contributed by atoms with Gasteiger partial charge in [0.15, 0.2) is 13.9 Å². The molecular formula is C25H31NO4Si. The molecule has 1 aliphatic rings. The zero-order valence-electron chi connectivity index (χ0n) is 19.3. The lowest BCUT2D eigenvalue weighted by atomic mass is 9.93. The van der Waals surface area contributed by atoms with Crippen LogP contribution in [0.5, 0.6) is 5.75 Å². The first-order chi connectivity index (χ1) is 14.3. The highest BCUT2D eigenvalue weighted by molar-refractivity contribution is 6.69. The van der Waals surface area contributed by atoms with Crippen LogP contribution >= 0.6 is 0 Å². The van der Waals surface area contributed by atoms with E-state index in [-0.39, 0.29) is 17.1 Å². The number of benzene rings is 1. The molecule has 0 atom stereocenters. The molecule has 1 aromatic carbocycles. The number of nitrogens with zero attached hydrogens (tertiary/aromatic N) is 1. The van der Waals surface area contributed by atoms with Crippen molar-refractivity contribution in [2.45, 2.75) is 58.5 Å². The van der Waals surface area contributed by atoms with E-state index in [0.29, 0.717) is 11.3 Å². The van der Waals surface area contributed by atoms with Gasteiger partial charge in [0.1, 0.15) is 17.1 Å². The van der Waals surface area contributed by atoms with E-state index in [1.807, 2.05) is 13.8 Å². The number of aromatic hydroxyl groups is 1. The van der Waals surface area contributed by atoms with Crippen molar-refractivity contribution in [1.29, 1.82) is 0 Å². The number of rotatable bonds is 4. The maximum Gasteiger partial charge on any atom is 0.210 e. The van der Waals surface area contributed by atoms with Crippen LogP contribution in [0.4, 0.5) is 0 Å². The monoisotopic (exact) mass is 437 g/mol. The molecule has 1 N–H and O–H groups in total. The zero-order chi connectivity index (χ0) is 23.4. The van der Waals surface area contributed by atoms with E-state index in [2.05, 4.69) is 30.5 Å². The second kappa shape index (κ2) is 9.09. The van der Waals surface area contributed by atoms with E-state index < -0.39 is 13.9 Å². The first kappa shape index (κ1) is 24.4. The maximum atomic E-state index is 12.6. The average Bonchev–Trinajstić information content (AvgIpc) is 2.91. The standard InChI is InChI=1S/C17H15NO3.C8H16OSi/c1-17(2)16(20)14(11-7-9-18-10-8-11)15(21-17)12-3-5-13(19)6-4-12;1-7-8(2,3)9-10(4,5)6/h3-10,19H,1-2H3;1H,2-6H3. The zero-order valence-corrected chi connectivity index (χ0v) is 20.3. The number of ether oxygens (including phenoxy) is 1. The van der Waals surface area contributed by atoms with Gasteiger partial charge in [0.05, 0.1) is 5.57 Å². The summed E-state index contributed by atoms with van der Waals surface area (Å²) >= 11 is 0. The van der Waals surface area contributed by atoms with Crippen molar-refractivity contribution in [1.82, 2.24) is 4.98 Å². The molecule has 0 amide bonds. The Bertz CT molecular complexity index is 995. The molecule has 0 saturated carbocycles. The van der Waals surface area contributed by atoms with Gasteiger partial charge in [0.25, 0.3) is 0 Å². The molecule has 6 heteroatoms. The van der Waals surface area contributed by atoms with Crippen molar-refractivity contribution in [2.24, 2.45) is 0 Å². The molecule has 31 heavy (non-hydrogen) atoms. The molecule has 0 spiro atoms. The molecule has 2 aromatic rings. The highest BCUT2D eigenvalue weighted by Crippen LogP contribution is 2.41. The van der Waals surface area contributed by atoms with E-state index in [1.54, 1.807) is 62.6 Å². The maximum absolute atomic E-state index is 12.6. The van der Waals surface area contributed by atoms with Gasteiger partial charge in [0, 0.05) is 18.0 Å². The van der Waals surface area contributed by atoms with Gasteiger partial charge in [-0.2, -0.15) is 0 Å². The fourth-order valence-electron chi connectivity index (χ4n) is 3.15. The van der Waals surface area contributed by atoms with Crippen molar-refractivity contribution < 1.29 is 19.1 Å². The van der Waals surface area contributed by atoms with Crippen LogP contribution in [-0.2, 0) is 14.0 Å². The summed E-state index contributed by atoms with van der Waals surface area (Å²) in [5, 5.41) is 9.40. The number of carbonyl (C=O) groups excluding carboxylic acids is 1. The molecule has 5 nitrogen and oxygen atoms in total. The minimum absolute atomic E-state index is 0.0585. The molecular weight excluding hydrogens is 406 g/mol. The predicted octanol–water partition coefficient (Wildman–Crippen LogP) is 5.28. The van der Waals surface area contributed by atoms with Crippen LogP contribution in [0.15, 0.2) is 48.8 Å². The van der Waals surface area contributed by atoms with Crippen LogP contribution in [0.3, 0.4) is 0 Å². The Morgan fingerprint density at radius 2 is 1.61 bits per heavy atom. The second-order valence-electron chi connectivity index (χ2n) is 9.30. The Hall–Kier alpha value is -2.88. The van der Waals surface area contributed by atoms with Crippen molar-refractivity contribution in [3.63, 3.8) is 0 Å². The number of phenolic OH excluding ortho intramolecular Hbond substituents is 1. The van der Waals surface area contributed by atoms with Crippen LogP contribution in [0.2, 0.25) is 19.6 Å². The van der Waals surface area contributed by atoms with Crippen LogP contribution in [0, 0.1) is 12.3 Å². The summed E-state index contributed by atoms with van der Waals surface area (Å²) in [5.74, 6) is 3.26. The quantitative estimate of drug-likeness (QED) is 0.520. The smallest absolute Gasteiger partial charge is 0.210 e. The fraction of sp³-hybridized carbons (Fsp3) is 0.360. The minimum atomic E-state index is -1.46. The van der Waals surface area contributed by atoms with Crippen LogP contribution in [-0.4, -0.2) is 35.4 Å². The molecule has 0 saturated heterocycles. The average molecular weight is 438 g/mol. The molecule has 0 unspecified atom stereocenters. The third-order valence-electron chi connectivity index (χ3n) is 4.37. The molecule has 3 rings (SSSR count). The van der Waals surface area contributed by atoms with Crippen molar-refractivity contribution >= 4 is 25.4 Å². The summed E-state index contributed by atoms with van der Waals surface area (Å²) in [4.78, 5) is 16.6. The lowest BCUT2D eigenvalue weighted by Gasteiger charge is -2.28. The van der Waals surface area contributed by atoms with Gasteiger partial charge in [-0.3, -0.25) is 9.78 Å². The molecule has 0 fully saturated rings. The number of carbonyl (C=O) groups is 1.